The molecule has 2 heterocycles. The fourth-order valence-electron chi connectivity index (χ4n) is 1.75. The van der Waals surface area contributed by atoms with Crippen molar-refractivity contribution in [1.29, 1.82) is 0 Å². The van der Waals surface area contributed by atoms with Crippen molar-refractivity contribution in [3.63, 3.8) is 0 Å². The van der Waals surface area contributed by atoms with Gasteiger partial charge in [-0.25, -0.2) is 0 Å². The number of furan rings is 1. The summed E-state index contributed by atoms with van der Waals surface area (Å²) in [7, 11) is 1.69. The normalized spacial score (nSPS) is 11.3. The van der Waals surface area contributed by atoms with E-state index in [4.69, 9.17) is 13.7 Å². The van der Waals surface area contributed by atoms with Crippen LogP contribution >= 0.6 is 0 Å². The van der Waals surface area contributed by atoms with Crippen molar-refractivity contribution in [1.82, 2.24) is 15.0 Å². The van der Waals surface area contributed by atoms with E-state index in [2.05, 4.69) is 15.0 Å². The highest BCUT2D eigenvalue weighted by Gasteiger charge is 2.13. The number of ether oxygens (including phenoxy) is 1. The van der Waals surface area contributed by atoms with E-state index >= 15 is 0 Å². The highest BCUT2D eigenvalue weighted by Crippen LogP contribution is 2.09. The Morgan fingerprint density at radius 3 is 2.89 bits per heavy atom. The van der Waals surface area contributed by atoms with Crippen LogP contribution in [0.15, 0.2) is 27.3 Å². The van der Waals surface area contributed by atoms with E-state index in [9.17, 15) is 0 Å². The van der Waals surface area contributed by atoms with E-state index in [1.807, 2.05) is 19.1 Å². The Kier molecular flexibility index (Phi) is 5.11. The molecule has 0 unspecified atom stereocenters. The molecule has 0 saturated carbocycles. The van der Waals surface area contributed by atoms with Crippen molar-refractivity contribution in [3.05, 3.63) is 35.9 Å². The van der Waals surface area contributed by atoms with Crippen molar-refractivity contribution in [2.24, 2.45) is 0 Å². The minimum absolute atomic E-state index is 0.594. The number of rotatable bonds is 8. The first-order chi connectivity index (χ1) is 9.31. The molecule has 0 aliphatic rings. The first kappa shape index (κ1) is 13.8. The zero-order valence-electron chi connectivity index (χ0n) is 11.3. The van der Waals surface area contributed by atoms with Crippen LogP contribution < -0.4 is 0 Å². The third-order valence-electron chi connectivity index (χ3n) is 2.76. The quantitative estimate of drug-likeness (QED) is 0.726. The van der Waals surface area contributed by atoms with Gasteiger partial charge < -0.3 is 13.7 Å². The van der Waals surface area contributed by atoms with Gasteiger partial charge in [-0.3, -0.25) is 4.90 Å². The van der Waals surface area contributed by atoms with Gasteiger partial charge in [-0.15, -0.1) is 0 Å². The standard InChI is InChI=1S/C13H19N3O3/c1-3-12-14-13(19-15-12)10-16(6-8-17-2)9-11-5-4-7-18-11/h4-5,7H,3,6,8-10H2,1-2H3. The minimum atomic E-state index is 0.594. The van der Waals surface area contributed by atoms with Gasteiger partial charge in [-0.1, -0.05) is 12.1 Å². The highest BCUT2D eigenvalue weighted by atomic mass is 16.5. The maximum absolute atomic E-state index is 5.36. The van der Waals surface area contributed by atoms with Gasteiger partial charge in [-0.2, -0.15) is 4.98 Å². The van der Waals surface area contributed by atoms with Crippen LogP contribution in [0.2, 0.25) is 0 Å². The molecular formula is C13H19N3O3. The summed E-state index contributed by atoms with van der Waals surface area (Å²) in [6, 6.07) is 3.83. The average molecular weight is 265 g/mol. The van der Waals surface area contributed by atoms with Crippen molar-refractivity contribution in [2.75, 3.05) is 20.3 Å². The number of hydrogen-bond acceptors (Lipinski definition) is 6. The van der Waals surface area contributed by atoms with Gasteiger partial charge in [0.2, 0.25) is 5.89 Å². The number of nitrogens with zero attached hydrogens (tertiary/aromatic N) is 3. The molecule has 0 radical (unpaired) electrons. The predicted molar refractivity (Wildman–Crippen MR) is 68.4 cm³/mol. The fraction of sp³-hybridized carbons (Fsp3) is 0.538. The number of aryl methyl sites for hydroxylation is 1. The molecule has 6 nitrogen and oxygen atoms in total. The summed E-state index contributed by atoms with van der Waals surface area (Å²) in [6.07, 6.45) is 2.45. The smallest absolute Gasteiger partial charge is 0.240 e. The molecule has 104 valence electrons. The van der Waals surface area contributed by atoms with Gasteiger partial charge in [0.05, 0.1) is 26.0 Å². The third kappa shape index (κ3) is 4.18. The molecule has 6 heteroatoms. The lowest BCUT2D eigenvalue weighted by atomic mass is 10.3. The van der Waals surface area contributed by atoms with Crippen molar-refractivity contribution in [2.45, 2.75) is 26.4 Å². The van der Waals surface area contributed by atoms with Crippen LogP contribution in [-0.2, 0) is 24.2 Å². The Hall–Kier alpha value is -1.66. The van der Waals surface area contributed by atoms with E-state index in [1.54, 1.807) is 13.4 Å². The summed E-state index contributed by atoms with van der Waals surface area (Å²) >= 11 is 0. The predicted octanol–water partition coefficient (Wildman–Crippen LogP) is 1.87. The SMILES string of the molecule is CCc1noc(CN(CCOC)Cc2ccco2)n1. The molecular weight excluding hydrogens is 246 g/mol. The first-order valence-corrected chi connectivity index (χ1v) is 6.37. The summed E-state index contributed by atoms with van der Waals surface area (Å²) in [5.74, 6) is 2.27. The summed E-state index contributed by atoms with van der Waals surface area (Å²) in [5, 5.41) is 3.90. The molecule has 0 N–H and O–H groups in total. The van der Waals surface area contributed by atoms with Gasteiger partial charge in [0, 0.05) is 20.1 Å². The van der Waals surface area contributed by atoms with Crippen LogP contribution in [0.1, 0.15) is 24.4 Å². The van der Waals surface area contributed by atoms with E-state index in [0.29, 0.717) is 25.6 Å². The van der Waals surface area contributed by atoms with Crippen LogP contribution in [0.3, 0.4) is 0 Å². The molecule has 0 amide bonds. The van der Waals surface area contributed by atoms with Gasteiger partial charge in [0.1, 0.15) is 5.76 Å². The lowest BCUT2D eigenvalue weighted by Gasteiger charge is -2.18. The van der Waals surface area contributed by atoms with E-state index < -0.39 is 0 Å². The molecule has 0 aliphatic heterocycles. The van der Waals surface area contributed by atoms with Crippen LogP contribution in [0.5, 0.6) is 0 Å². The Morgan fingerprint density at radius 1 is 1.37 bits per heavy atom. The van der Waals surface area contributed by atoms with Gasteiger partial charge >= 0.3 is 0 Å². The second kappa shape index (κ2) is 7.06. The molecule has 19 heavy (non-hydrogen) atoms. The lowest BCUT2D eigenvalue weighted by molar-refractivity contribution is 0.126. The molecule has 2 aromatic rings. The van der Waals surface area contributed by atoms with Gasteiger partial charge in [-0.05, 0) is 12.1 Å². The highest BCUT2D eigenvalue weighted by molar-refractivity contribution is 4.98. The Morgan fingerprint density at radius 2 is 2.26 bits per heavy atom. The summed E-state index contributed by atoms with van der Waals surface area (Å²) in [6.45, 7) is 4.72. The molecule has 0 spiro atoms. The van der Waals surface area contributed by atoms with Crippen molar-refractivity contribution in [3.8, 4) is 0 Å². The van der Waals surface area contributed by atoms with Gasteiger partial charge in [0.15, 0.2) is 5.82 Å². The summed E-state index contributed by atoms with van der Waals surface area (Å²) in [5.41, 5.74) is 0. The first-order valence-electron chi connectivity index (χ1n) is 6.37. The fourth-order valence-corrected chi connectivity index (χ4v) is 1.75. The number of methoxy groups -OCH3 is 1. The summed E-state index contributed by atoms with van der Waals surface area (Å²) < 4.78 is 15.7. The molecule has 0 bridgehead atoms. The molecule has 0 aliphatic carbocycles. The molecule has 0 saturated heterocycles. The molecule has 0 aromatic carbocycles. The second-order valence-corrected chi connectivity index (χ2v) is 4.24. The third-order valence-corrected chi connectivity index (χ3v) is 2.76. The monoisotopic (exact) mass is 265 g/mol. The molecule has 0 atom stereocenters. The van der Waals surface area contributed by atoms with E-state index in [0.717, 1.165) is 24.6 Å². The number of hydrogen-bond donors (Lipinski definition) is 0. The minimum Gasteiger partial charge on any atom is -0.468 e. The maximum Gasteiger partial charge on any atom is 0.240 e. The summed E-state index contributed by atoms with van der Waals surface area (Å²) in [4.78, 5) is 6.46. The van der Waals surface area contributed by atoms with Crippen LogP contribution in [0.4, 0.5) is 0 Å². The zero-order chi connectivity index (χ0) is 13.5. The van der Waals surface area contributed by atoms with Crippen molar-refractivity contribution < 1.29 is 13.7 Å². The number of aromatic nitrogens is 2. The topological polar surface area (TPSA) is 64.5 Å². The lowest BCUT2D eigenvalue weighted by Crippen LogP contribution is -2.26. The molecule has 0 fully saturated rings. The van der Waals surface area contributed by atoms with Gasteiger partial charge in [0.25, 0.3) is 0 Å². The van der Waals surface area contributed by atoms with Crippen molar-refractivity contribution >= 4 is 0 Å². The van der Waals surface area contributed by atoms with Crippen LogP contribution in [0.25, 0.3) is 0 Å². The largest absolute Gasteiger partial charge is 0.468 e. The average Bonchev–Trinajstić information content (AvgIpc) is 3.07. The second-order valence-electron chi connectivity index (χ2n) is 4.24. The van der Waals surface area contributed by atoms with E-state index in [-0.39, 0.29) is 0 Å². The van der Waals surface area contributed by atoms with Crippen LogP contribution in [-0.4, -0.2) is 35.3 Å². The molecule has 2 aromatic heterocycles. The van der Waals surface area contributed by atoms with E-state index in [1.165, 1.54) is 0 Å². The molecule has 2 rings (SSSR count). The van der Waals surface area contributed by atoms with Crippen LogP contribution in [0, 0.1) is 0 Å². The Bertz CT molecular complexity index is 467. The maximum atomic E-state index is 5.36. The zero-order valence-corrected chi connectivity index (χ0v) is 11.3. The Balaban J connectivity index is 1.96. The Labute approximate surface area is 112 Å².